The van der Waals surface area contributed by atoms with Crippen molar-refractivity contribution in [1.29, 1.82) is 0 Å². The molecule has 4 aromatic heterocycles. The summed E-state index contributed by atoms with van der Waals surface area (Å²) in [5.74, 6) is 1.67. The van der Waals surface area contributed by atoms with Crippen molar-refractivity contribution >= 4 is 60.9 Å². The molecule has 6 heteroatoms. The summed E-state index contributed by atoms with van der Waals surface area (Å²) in [5.41, 5.74) is 10.0. The summed E-state index contributed by atoms with van der Waals surface area (Å²) in [7, 11) is 0. The van der Waals surface area contributed by atoms with Crippen LogP contribution in [0.1, 0.15) is 11.3 Å². The Morgan fingerprint density at radius 1 is 0.558 bits per heavy atom. The molecular formula is C46H30N4O2. The molecule has 52 heavy (non-hydrogen) atoms. The topological polar surface area (TPSA) is 69.9 Å². The fourth-order valence-electron chi connectivity index (χ4n) is 7.44. The number of rotatable bonds is 6. The van der Waals surface area contributed by atoms with Crippen LogP contribution in [0.2, 0.25) is 0 Å². The zero-order valence-corrected chi connectivity index (χ0v) is 28.2. The van der Waals surface area contributed by atoms with Crippen molar-refractivity contribution in [2.75, 3.05) is 0 Å². The summed E-state index contributed by atoms with van der Waals surface area (Å²) in [5, 5.41) is 5.31. The number of fused-ring (bicyclic) bond motifs is 7. The molecule has 246 valence electrons. The maximum Gasteiger partial charge on any atom is 0.167 e. The molecule has 0 spiro atoms. The molecule has 0 aliphatic heterocycles. The molecule has 4 heterocycles. The Morgan fingerprint density at radius 2 is 1.21 bits per heavy atom. The number of allylic oxidation sites excluding steroid dienone is 2. The standard InChI is InChI=1S/C46H30N4O2/c1-3-4-16-31-28(2)50(38-22-10-8-17-32(31)38)39-23-13-20-36-34-26-25-30(27-41(34)52-43(36)39)45-47-44(29-14-6-5-7-15-29)48-46(49-45)37-21-12-19-35-33-18-9-11-24-40(33)51-42(35)37/h3-27H,1H2,2H3/b16-4-. The third-order valence-corrected chi connectivity index (χ3v) is 9.85. The minimum atomic E-state index is 0.539. The molecule has 0 aliphatic carbocycles. The summed E-state index contributed by atoms with van der Waals surface area (Å²) in [6, 6.07) is 45.2. The predicted molar refractivity (Wildman–Crippen MR) is 211 cm³/mol. The maximum atomic E-state index is 6.77. The highest BCUT2D eigenvalue weighted by molar-refractivity contribution is 6.10. The van der Waals surface area contributed by atoms with Gasteiger partial charge in [-0.1, -0.05) is 122 Å². The van der Waals surface area contributed by atoms with Crippen LogP contribution < -0.4 is 0 Å². The lowest BCUT2D eigenvalue weighted by Gasteiger charge is -2.09. The van der Waals surface area contributed by atoms with Gasteiger partial charge in [-0.15, -0.1) is 0 Å². The number of para-hydroxylation sites is 4. The number of furan rings is 2. The van der Waals surface area contributed by atoms with Crippen molar-refractivity contribution in [3.05, 3.63) is 163 Å². The minimum absolute atomic E-state index is 0.539. The Morgan fingerprint density at radius 3 is 2.06 bits per heavy atom. The highest BCUT2D eigenvalue weighted by atomic mass is 16.3. The second kappa shape index (κ2) is 11.8. The summed E-state index contributed by atoms with van der Waals surface area (Å²) in [4.78, 5) is 15.1. The van der Waals surface area contributed by atoms with Crippen LogP contribution in [-0.2, 0) is 0 Å². The van der Waals surface area contributed by atoms with Crippen molar-refractivity contribution in [3.63, 3.8) is 0 Å². The lowest BCUT2D eigenvalue weighted by molar-refractivity contribution is 0.665. The van der Waals surface area contributed by atoms with Gasteiger partial charge >= 0.3 is 0 Å². The number of hydrogen-bond donors (Lipinski definition) is 0. The van der Waals surface area contributed by atoms with E-state index >= 15 is 0 Å². The molecule has 10 rings (SSSR count). The SMILES string of the molecule is C=C/C=C\c1c(C)n(-c2cccc3c2oc2cc(-c4nc(-c5ccccc5)nc(-c5cccc6c5oc5ccccc56)n4)ccc23)c2ccccc12. The van der Waals surface area contributed by atoms with E-state index in [9.17, 15) is 0 Å². The van der Waals surface area contributed by atoms with Crippen LogP contribution in [0.3, 0.4) is 0 Å². The van der Waals surface area contributed by atoms with Crippen molar-refractivity contribution in [1.82, 2.24) is 19.5 Å². The molecule has 0 atom stereocenters. The molecule has 0 fully saturated rings. The lowest BCUT2D eigenvalue weighted by Crippen LogP contribution is -2.00. The van der Waals surface area contributed by atoms with Crippen LogP contribution in [0.15, 0.2) is 161 Å². The molecular weight excluding hydrogens is 641 g/mol. The minimum Gasteiger partial charge on any atom is -0.455 e. The van der Waals surface area contributed by atoms with Gasteiger partial charge in [0, 0.05) is 49.3 Å². The molecule has 6 aromatic carbocycles. The second-order valence-electron chi connectivity index (χ2n) is 12.9. The first-order valence-electron chi connectivity index (χ1n) is 17.2. The molecule has 0 saturated heterocycles. The Hall–Kier alpha value is -7.05. The first-order valence-corrected chi connectivity index (χ1v) is 17.2. The van der Waals surface area contributed by atoms with Crippen LogP contribution >= 0.6 is 0 Å². The van der Waals surface area contributed by atoms with E-state index in [1.54, 1.807) is 6.08 Å². The maximum absolute atomic E-state index is 6.77. The molecule has 0 amide bonds. The van der Waals surface area contributed by atoms with Crippen LogP contribution in [0.5, 0.6) is 0 Å². The Kier molecular flexibility index (Phi) is 6.76. The third-order valence-electron chi connectivity index (χ3n) is 9.85. The summed E-state index contributed by atoms with van der Waals surface area (Å²) < 4.78 is 15.5. The zero-order chi connectivity index (χ0) is 34.8. The normalized spacial score (nSPS) is 11.9. The van der Waals surface area contributed by atoms with E-state index in [2.05, 4.69) is 90.9 Å². The van der Waals surface area contributed by atoms with Gasteiger partial charge in [0.15, 0.2) is 23.1 Å². The molecule has 10 aromatic rings. The average molecular weight is 671 g/mol. The van der Waals surface area contributed by atoms with E-state index in [4.69, 9.17) is 23.8 Å². The Bertz CT molecular complexity index is 3050. The van der Waals surface area contributed by atoms with Gasteiger partial charge in [-0.3, -0.25) is 0 Å². The van der Waals surface area contributed by atoms with Gasteiger partial charge < -0.3 is 13.4 Å². The van der Waals surface area contributed by atoms with Gasteiger partial charge in [0.2, 0.25) is 0 Å². The number of hydrogen-bond acceptors (Lipinski definition) is 5. The van der Waals surface area contributed by atoms with Gasteiger partial charge in [-0.05, 0) is 43.3 Å². The summed E-state index contributed by atoms with van der Waals surface area (Å²) in [6.45, 7) is 6.03. The van der Waals surface area contributed by atoms with E-state index in [1.807, 2.05) is 72.8 Å². The van der Waals surface area contributed by atoms with Crippen LogP contribution in [0, 0.1) is 6.92 Å². The van der Waals surface area contributed by atoms with Crippen LogP contribution in [-0.4, -0.2) is 19.5 Å². The second-order valence-corrected chi connectivity index (χ2v) is 12.9. The Balaban J connectivity index is 1.16. The van der Waals surface area contributed by atoms with E-state index in [0.717, 1.165) is 83.0 Å². The highest BCUT2D eigenvalue weighted by Gasteiger charge is 2.21. The van der Waals surface area contributed by atoms with E-state index < -0.39 is 0 Å². The first-order chi connectivity index (χ1) is 25.7. The molecule has 0 radical (unpaired) electrons. The summed E-state index contributed by atoms with van der Waals surface area (Å²) in [6.07, 6.45) is 5.91. The van der Waals surface area contributed by atoms with Crippen molar-refractivity contribution in [2.45, 2.75) is 6.92 Å². The highest BCUT2D eigenvalue weighted by Crippen LogP contribution is 2.39. The van der Waals surface area contributed by atoms with Crippen LogP contribution in [0.4, 0.5) is 0 Å². The van der Waals surface area contributed by atoms with Gasteiger partial charge in [0.25, 0.3) is 0 Å². The fourth-order valence-corrected chi connectivity index (χ4v) is 7.44. The van der Waals surface area contributed by atoms with Crippen molar-refractivity contribution in [2.24, 2.45) is 0 Å². The van der Waals surface area contributed by atoms with E-state index in [-0.39, 0.29) is 0 Å². The fraction of sp³-hybridized carbons (Fsp3) is 0.0217. The molecule has 0 unspecified atom stereocenters. The monoisotopic (exact) mass is 670 g/mol. The third kappa shape index (κ3) is 4.62. The van der Waals surface area contributed by atoms with Gasteiger partial charge in [-0.25, -0.2) is 15.0 Å². The number of nitrogens with zero attached hydrogens (tertiary/aromatic N) is 4. The van der Waals surface area contributed by atoms with Gasteiger partial charge in [0.05, 0.1) is 16.8 Å². The largest absolute Gasteiger partial charge is 0.455 e. The number of benzene rings is 6. The quantitative estimate of drug-likeness (QED) is 0.165. The number of aromatic nitrogens is 4. The van der Waals surface area contributed by atoms with Crippen molar-refractivity contribution in [3.8, 4) is 39.9 Å². The molecule has 0 N–H and O–H groups in total. The predicted octanol–water partition coefficient (Wildman–Crippen LogP) is 12.1. The summed E-state index contributed by atoms with van der Waals surface area (Å²) >= 11 is 0. The lowest BCUT2D eigenvalue weighted by atomic mass is 10.1. The zero-order valence-electron chi connectivity index (χ0n) is 28.2. The van der Waals surface area contributed by atoms with Crippen molar-refractivity contribution < 1.29 is 8.83 Å². The van der Waals surface area contributed by atoms with Crippen LogP contribution in [0.25, 0.3) is 101 Å². The smallest absolute Gasteiger partial charge is 0.167 e. The average Bonchev–Trinajstić information content (AvgIpc) is 3.86. The molecule has 6 nitrogen and oxygen atoms in total. The molecule has 0 bridgehead atoms. The Labute approximate surface area is 298 Å². The first kappa shape index (κ1) is 29.8. The molecule has 0 aliphatic rings. The van der Waals surface area contributed by atoms with Gasteiger partial charge in [-0.2, -0.15) is 0 Å². The van der Waals surface area contributed by atoms with E-state index in [1.165, 1.54) is 5.39 Å². The van der Waals surface area contributed by atoms with E-state index in [0.29, 0.717) is 17.5 Å². The molecule has 0 saturated carbocycles. The van der Waals surface area contributed by atoms with Gasteiger partial charge in [0.1, 0.15) is 16.7 Å².